The van der Waals surface area contributed by atoms with Gasteiger partial charge in [0.05, 0.1) is 11.0 Å². The minimum atomic E-state index is 0.136. The van der Waals surface area contributed by atoms with Gasteiger partial charge in [0.15, 0.2) is 0 Å². The van der Waals surface area contributed by atoms with Crippen molar-refractivity contribution in [2.45, 2.75) is 39.3 Å². The fourth-order valence-corrected chi connectivity index (χ4v) is 3.65. The molecular weight excluding hydrogens is 424 g/mol. The maximum absolute atomic E-state index is 6.10. The van der Waals surface area contributed by atoms with Gasteiger partial charge in [0.1, 0.15) is 18.2 Å². The summed E-state index contributed by atoms with van der Waals surface area (Å²) < 4.78 is 9.42. The first-order chi connectivity index (χ1) is 13.9. The van der Waals surface area contributed by atoms with Gasteiger partial charge in [-0.05, 0) is 52.9 Å². The maximum Gasteiger partial charge on any atom is 0.148 e. The van der Waals surface area contributed by atoms with Crippen LogP contribution >= 0.6 is 15.9 Å². The molecule has 29 heavy (non-hydrogen) atoms. The Bertz CT molecular complexity index is 1110. The second-order valence-electron chi connectivity index (χ2n) is 8.29. The Morgan fingerprint density at radius 1 is 0.897 bits per heavy atom. The second-order valence-corrected chi connectivity index (χ2v) is 9.21. The molecule has 0 atom stereocenters. The molecule has 0 aliphatic rings. The van der Waals surface area contributed by atoms with Crippen LogP contribution in [0.25, 0.3) is 11.0 Å². The van der Waals surface area contributed by atoms with Crippen molar-refractivity contribution in [2.75, 3.05) is 0 Å². The smallest absolute Gasteiger partial charge is 0.148 e. The third-order valence-corrected chi connectivity index (χ3v) is 5.60. The zero-order valence-electron chi connectivity index (χ0n) is 17.0. The number of para-hydroxylation sites is 2. The zero-order valence-corrected chi connectivity index (χ0v) is 18.6. The molecule has 3 nitrogen and oxygen atoms in total. The molecule has 0 amide bonds. The number of nitrogens with zero attached hydrogens (tertiary/aromatic N) is 2. The van der Waals surface area contributed by atoms with Crippen LogP contribution in [0.4, 0.5) is 0 Å². The minimum absolute atomic E-state index is 0.136. The largest absolute Gasteiger partial charge is 0.486 e. The summed E-state index contributed by atoms with van der Waals surface area (Å²) in [6.45, 7) is 7.84. The molecule has 0 spiro atoms. The summed E-state index contributed by atoms with van der Waals surface area (Å²) in [5.74, 6) is 1.79. The summed E-state index contributed by atoms with van der Waals surface area (Å²) in [6, 6.07) is 25.0. The van der Waals surface area contributed by atoms with Gasteiger partial charge < -0.3 is 9.30 Å². The van der Waals surface area contributed by atoms with Crippen molar-refractivity contribution in [2.24, 2.45) is 0 Å². The standard InChI is InChI=1S/C25H25BrN2O/c1-25(2,3)19-10-14-21(15-11-19)29-17-24-27-22-6-4-5-7-23(22)28(24)16-18-8-12-20(26)13-9-18/h4-15H,16-17H2,1-3H3. The van der Waals surface area contributed by atoms with E-state index in [0.717, 1.165) is 33.6 Å². The van der Waals surface area contributed by atoms with E-state index < -0.39 is 0 Å². The van der Waals surface area contributed by atoms with Crippen molar-refractivity contribution >= 4 is 27.0 Å². The predicted molar refractivity (Wildman–Crippen MR) is 122 cm³/mol. The summed E-state index contributed by atoms with van der Waals surface area (Å²) in [4.78, 5) is 4.83. The third-order valence-electron chi connectivity index (χ3n) is 5.08. The van der Waals surface area contributed by atoms with Crippen LogP contribution < -0.4 is 4.74 Å². The molecule has 4 rings (SSSR count). The lowest BCUT2D eigenvalue weighted by Gasteiger charge is -2.19. The second kappa shape index (κ2) is 8.03. The fourth-order valence-electron chi connectivity index (χ4n) is 3.38. The molecule has 4 heteroatoms. The van der Waals surface area contributed by atoms with E-state index >= 15 is 0 Å². The van der Waals surface area contributed by atoms with Gasteiger partial charge in [0, 0.05) is 11.0 Å². The summed E-state index contributed by atoms with van der Waals surface area (Å²) in [5, 5.41) is 0. The van der Waals surface area contributed by atoms with E-state index in [2.05, 4.69) is 95.9 Å². The van der Waals surface area contributed by atoms with Crippen molar-refractivity contribution in [3.63, 3.8) is 0 Å². The summed E-state index contributed by atoms with van der Waals surface area (Å²) in [6.07, 6.45) is 0. The lowest BCUT2D eigenvalue weighted by Crippen LogP contribution is -2.11. The highest BCUT2D eigenvalue weighted by Crippen LogP contribution is 2.25. The van der Waals surface area contributed by atoms with E-state index in [1.807, 2.05) is 18.2 Å². The van der Waals surface area contributed by atoms with Crippen molar-refractivity contribution in [3.05, 3.63) is 94.2 Å². The normalized spacial score (nSPS) is 11.7. The van der Waals surface area contributed by atoms with E-state index in [0.29, 0.717) is 6.61 Å². The van der Waals surface area contributed by atoms with Crippen LogP contribution in [-0.4, -0.2) is 9.55 Å². The molecule has 0 radical (unpaired) electrons. The first kappa shape index (κ1) is 19.7. The highest BCUT2D eigenvalue weighted by Gasteiger charge is 2.14. The SMILES string of the molecule is CC(C)(C)c1ccc(OCc2nc3ccccc3n2Cc2ccc(Br)cc2)cc1. The van der Waals surface area contributed by atoms with E-state index in [1.165, 1.54) is 11.1 Å². The van der Waals surface area contributed by atoms with Gasteiger partial charge in [-0.3, -0.25) is 0 Å². The van der Waals surface area contributed by atoms with Crippen LogP contribution in [0.2, 0.25) is 0 Å². The molecule has 4 aromatic rings. The van der Waals surface area contributed by atoms with Crippen molar-refractivity contribution in [1.29, 1.82) is 0 Å². The molecule has 1 aromatic heterocycles. The van der Waals surface area contributed by atoms with Crippen LogP contribution in [0, 0.1) is 0 Å². The number of imidazole rings is 1. The molecule has 1 heterocycles. The average Bonchev–Trinajstić information content (AvgIpc) is 3.05. The first-order valence-electron chi connectivity index (χ1n) is 9.82. The van der Waals surface area contributed by atoms with Gasteiger partial charge in [0.2, 0.25) is 0 Å². The number of rotatable bonds is 5. The van der Waals surface area contributed by atoms with Crippen LogP contribution in [0.5, 0.6) is 5.75 Å². The molecule has 148 valence electrons. The van der Waals surface area contributed by atoms with Gasteiger partial charge in [0.25, 0.3) is 0 Å². The molecule has 0 N–H and O–H groups in total. The molecule has 0 fully saturated rings. The van der Waals surface area contributed by atoms with Crippen molar-refractivity contribution in [1.82, 2.24) is 9.55 Å². The third kappa shape index (κ3) is 4.54. The fraction of sp³-hybridized carbons (Fsp3) is 0.240. The van der Waals surface area contributed by atoms with Gasteiger partial charge >= 0.3 is 0 Å². The minimum Gasteiger partial charge on any atom is -0.486 e. The van der Waals surface area contributed by atoms with E-state index in [4.69, 9.17) is 9.72 Å². The molecule has 0 saturated carbocycles. The van der Waals surface area contributed by atoms with Crippen molar-refractivity contribution < 1.29 is 4.74 Å². The van der Waals surface area contributed by atoms with E-state index in [9.17, 15) is 0 Å². The molecule has 0 unspecified atom stereocenters. The van der Waals surface area contributed by atoms with Crippen molar-refractivity contribution in [3.8, 4) is 5.75 Å². The lowest BCUT2D eigenvalue weighted by atomic mass is 9.87. The van der Waals surface area contributed by atoms with E-state index in [-0.39, 0.29) is 5.41 Å². The highest BCUT2D eigenvalue weighted by molar-refractivity contribution is 9.10. The summed E-state index contributed by atoms with van der Waals surface area (Å²) >= 11 is 3.51. The summed E-state index contributed by atoms with van der Waals surface area (Å²) in [5.41, 5.74) is 4.78. The van der Waals surface area contributed by atoms with E-state index in [1.54, 1.807) is 0 Å². The Labute approximate surface area is 180 Å². The molecule has 0 aliphatic heterocycles. The molecule has 3 aromatic carbocycles. The molecular formula is C25H25BrN2O. The Balaban J connectivity index is 1.59. The Morgan fingerprint density at radius 2 is 1.59 bits per heavy atom. The number of aromatic nitrogens is 2. The monoisotopic (exact) mass is 448 g/mol. The predicted octanol–water partition coefficient (Wildman–Crippen LogP) is 6.72. The van der Waals surface area contributed by atoms with Gasteiger partial charge in [-0.1, -0.05) is 73.1 Å². The Hall–Kier alpha value is -2.59. The van der Waals surface area contributed by atoms with Crippen LogP contribution in [-0.2, 0) is 18.6 Å². The maximum atomic E-state index is 6.10. The van der Waals surface area contributed by atoms with Crippen LogP contribution in [0.3, 0.4) is 0 Å². The number of fused-ring (bicyclic) bond motifs is 1. The number of halogens is 1. The number of ether oxygens (including phenoxy) is 1. The van der Waals surface area contributed by atoms with Gasteiger partial charge in [-0.2, -0.15) is 0 Å². The van der Waals surface area contributed by atoms with Gasteiger partial charge in [-0.25, -0.2) is 4.98 Å². The molecule has 0 saturated heterocycles. The van der Waals surface area contributed by atoms with Crippen LogP contribution in [0.1, 0.15) is 37.7 Å². The molecule has 0 aliphatic carbocycles. The first-order valence-corrected chi connectivity index (χ1v) is 10.6. The number of hydrogen-bond acceptors (Lipinski definition) is 2. The Morgan fingerprint density at radius 3 is 2.28 bits per heavy atom. The highest BCUT2D eigenvalue weighted by atomic mass is 79.9. The molecule has 0 bridgehead atoms. The van der Waals surface area contributed by atoms with Crippen LogP contribution in [0.15, 0.2) is 77.3 Å². The topological polar surface area (TPSA) is 27.1 Å². The summed E-state index contributed by atoms with van der Waals surface area (Å²) in [7, 11) is 0. The quantitative estimate of drug-likeness (QED) is 0.338. The number of hydrogen-bond donors (Lipinski definition) is 0. The van der Waals surface area contributed by atoms with Gasteiger partial charge in [-0.15, -0.1) is 0 Å². The lowest BCUT2D eigenvalue weighted by molar-refractivity contribution is 0.291. The Kier molecular flexibility index (Phi) is 5.46. The average molecular weight is 449 g/mol. The zero-order chi connectivity index (χ0) is 20.4. The number of benzene rings is 3.